The Morgan fingerprint density at radius 1 is 1.11 bits per heavy atom. The van der Waals surface area contributed by atoms with E-state index >= 15 is 0 Å². The van der Waals surface area contributed by atoms with Gasteiger partial charge in [0.1, 0.15) is 5.69 Å². The van der Waals surface area contributed by atoms with Gasteiger partial charge in [0, 0.05) is 71.3 Å². The number of ether oxygens (including phenoxy) is 3. The number of nitrogens with zero attached hydrogens (tertiary/aromatic N) is 4. The first-order chi connectivity index (χ1) is 18.5. The Morgan fingerprint density at radius 2 is 1.84 bits per heavy atom. The molecule has 1 aromatic carbocycles. The van der Waals surface area contributed by atoms with Crippen LogP contribution >= 0.6 is 0 Å². The summed E-state index contributed by atoms with van der Waals surface area (Å²) >= 11 is 0. The molecule has 2 fully saturated rings. The predicted octanol–water partition coefficient (Wildman–Crippen LogP) is 2.08. The number of morpholine rings is 1. The average Bonchev–Trinajstić information content (AvgIpc) is 2.94. The molecule has 1 saturated heterocycles. The molecule has 0 spiro atoms. The standard InChI is InChI=1S/C28H44N6O4/c1-20(2)29-8-10-34(22-15-23(36-3)18-24(16-22)37-4)21-5-6-25-26(17-21)32-27(19-31-25)28(35)30-7-9-33-11-13-38-14-12-33/h5-6,17,19-20,22-24,29H,7-16,18H2,1-4H3,(H,30,35). The van der Waals surface area contributed by atoms with Crippen LogP contribution in [-0.4, -0.2) is 112 Å². The largest absolute Gasteiger partial charge is 0.381 e. The SMILES string of the molecule is COC1CC(OC)CC(N(CCNC(C)C)c2ccc3ncc(C(=O)NCCN4CCOCC4)nc3c2)C1. The molecule has 2 heterocycles. The Hall–Kier alpha value is -2.37. The van der Waals surface area contributed by atoms with Gasteiger partial charge < -0.3 is 29.7 Å². The van der Waals surface area contributed by atoms with E-state index in [0.29, 0.717) is 23.8 Å². The first kappa shape index (κ1) is 28.6. The molecule has 1 aliphatic carbocycles. The van der Waals surface area contributed by atoms with Crippen molar-refractivity contribution in [3.63, 3.8) is 0 Å². The molecule has 2 aromatic rings. The molecule has 10 heteroatoms. The number of nitrogens with one attached hydrogen (secondary N) is 2. The number of anilines is 1. The molecule has 1 aromatic heterocycles. The molecule has 4 rings (SSSR count). The Labute approximate surface area is 226 Å². The average molecular weight is 529 g/mol. The van der Waals surface area contributed by atoms with Crippen LogP contribution in [0.5, 0.6) is 0 Å². The van der Waals surface area contributed by atoms with Crippen molar-refractivity contribution >= 4 is 22.6 Å². The lowest BCUT2D eigenvalue weighted by Gasteiger charge is -2.41. The summed E-state index contributed by atoms with van der Waals surface area (Å²) in [6.07, 6.45) is 4.67. The van der Waals surface area contributed by atoms with Crippen molar-refractivity contribution in [2.75, 3.05) is 71.6 Å². The molecule has 2 unspecified atom stereocenters. The minimum absolute atomic E-state index is 0.160. The van der Waals surface area contributed by atoms with E-state index in [-0.39, 0.29) is 24.2 Å². The number of hydrogen-bond acceptors (Lipinski definition) is 9. The summed E-state index contributed by atoms with van der Waals surface area (Å²) in [5, 5.41) is 6.53. The number of aromatic nitrogens is 2. The third-order valence-corrected chi connectivity index (χ3v) is 7.52. The minimum Gasteiger partial charge on any atom is -0.381 e. The normalized spacial score (nSPS) is 22.6. The van der Waals surface area contributed by atoms with Gasteiger partial charge in [-0.3, -0.25) is 14.7 Å². The second kappa shape index (κ2) is 14.1. The van der Waals surface area contributed by atoms with Crippen molar-refractivity contribution in [1.29, 1.82) is 0 Å². The minimum atomic E-state index is -0.200. The van der Waals surface area contributed by atoms with E-state index in [1.165, 1.54) is 0 Å². The molecular weight excluding hydrogens is 484 g/mol. The molecule has 0 bridgehead atoms. The Balaban J connectivity index is 1.50. The summed E-state index contributed by atoms with van der Waals surface area (Å²) in [5.74, 6) is -0.200. The number of carbonyl (C=O) groups is 1. The summed E-state index contributed by atoms with van der Waals surface area (Å²) < 4.78 is 16.9. The molecule has 2 N–H and O–H groups in total. The number of amides is 1. The number of rotatable bonds is 12. The summed E-state index contributed by atoms with van der Waals surface area (Å²) in [4.78, 5) is 26.8. The number of hydrogen-bond donors (Lipinski definition) is 2. The Bertz CT molecular complexity index is 1020. The fraction of sp³-hybridized carbons (Fsp3) is 0.679. The number of methoxy groups -OCH3 is 2. The van der Waals surface area contributed by atoms with Crippen molar-refractivity contribution in [3.8, 4) is 0 Å². The first-order valence-electron chi connectivity index (χ1n) is 13.9. The van der Waals surface area contributed by atoms with E-state index in [4.69, 9.17) is 19.2 Å². The van der Waals surface area contributed by atoms with E-state index in [1.54, 1.807) is 20.4 Å². The van der Waals surface area contributed by atoms with Crippen LogP contribution in [0, 0.1) is 0 Å². The summed E-state index contributed by atoms with van der Waals surface area (Å²) in [7, 11) is 3.56. The lowest BCUT2D eigenvalue weighted by Crippen LogP contribution is -2.48. The first-order valence-corrected chi connectivity index (χ1v) is 13.9. The quantitative estimate of drug-likeness (QED) is 0.429. The van der Waals surface area contributed by atoms with Gasteiger partial charge in [-0.2, -0.15) is 0 Å². The third kappa shape index (κ3) is 7.83. The zero-order valence-corrected chi connectivity index (χ0v) is 23.3. The highest BCUT2D eigenvalue weighted by Gasteiger charge is 2.33. The van der Waals surface area contributed by atoms with Crippen LogP contribution in [0.15, 0.2) is 24.4 Å². The topological polar surface area (TPSA) is 101 Å². The maximum absolute atomic E-state index is 12.8. The molecule has 2 atom stereocenters. The molecule has 10 nitrogen and oxygen atoms in total. The van der Waals surface area contributed by atoms with Crippen molar-refractivity contribution in [2.24, 2.45) is 0 Å². The van der Waals surface area contributed by atoms with Crippen LogP contribution < -0.4 is 15.5 Å². The second-order valence-corrected chi connectivity index (χ2v) is 10.5. The molecule has 210 valence electrons. The van der Waals surface area contributed by atoms with Crippen molar-refractivity contribution in [2.45, 2.75) is 57.4 Å². The van der Waals surface area contributed by atoms with Crippen molar-refractivity contribution in [3.05, 3.63) is 30.1 Å². The molecule has 0 radical (unpaired) electrons. The molecule has 1 saturated carbocycles. The monoisotopic (exact) mass is 528 g/mol. The lowest BCUT2D eigenvalue weighted by atomic mass is 9.89. The highest BCUT2D eigenvalue weighted by atomic mass is 16.5. The van der Waals surface area contributed by atoms with Crippen molar-refractivity contribution in [1.82, 2.24) is 25.5 Å². The Morgan fingerprint density at radius 3 is 2.53 bits per heavy atom. The molecule has 1 amide bonds. The van der Waals surface area contributed by atoms with E-state index in [1.807, 2.05) is 6.07 Å². The van der Waals surface area contributed by atoms with E-state index in [0.717, 1.165) is 76.4 Å². The lowest BCUT2D eigenvalue weighted by molar-refractivity contribution is -0.0169. The van der Waals surface area contributed by atoms with Crippen molar-refractivity contribution < 1.29 is 19.0 Å². The number of carbonyl (C=O) groups excluding carboxylic acids is 1. The zero-order chi connectivity index (χ0) is 26.9. The maximum Gasteiger partial charge on any atom is 0.271 e. The van der Waals surface area contributed by atoms with Crippen LogP contribution in [0.25, 0.3) is 11.0 Å². The van der Waals surface area contributed by atoms with Gasteiger partial charge >= 0.3 is 0 Å². The van der Waals surface area contributed by atoms with Gasteiger partial charge in [-0.1, -0.05) is 13.8 Å². The van der Waals surface area contributed by atoms with Crippen LogP contribution in [0.1, 0.15) is 43.6 Å². The van der Waals surface area contributed by atoms with Crippen LogP contribution in [-0.2, 0) is 14.2 Å². The van der Waals surface area contributed by atoms with Gasteiger partial charge in [0.15, 0.2) is 0 Å². The van der Waals surface area contributed by atoms with Gasteiger partial charge in [0.25, 0.3) is 5.91 Å². The van der Waals surface area contributed by atoms with Gasteiger partial charge in [0.05, 0.1) is 42.7 Å². The molecule has 2 aliphatic rings. The predicted molar refractivity (Wildman–Crippen MR) is 149 cm³/mol. The van der Waals surface area contributed by atoms with E-state index in [9.17, 15) is 4.79 Å². The molecular formula is C28H44N6O4. The molecule has 38 heavy (non-hydrogen) atoms. The summed E-state index contributed by atoms with van der Waals surface area (Å²) in [6, 6.07) is 6.83. The second-order valence-electron chi connectivity index (χ2n) is 10.5. The van der Waals surface area contributed by atoms with Crippen LogP contribution in [0.3, 0.4) is 0 Å². The van der Waals surface area contributed by atoms with Crippen LogP contribution in [0.4, 0.5) is 5.69 Å². The third-order valence-electron chi connectivity index (χ3n) is 7.52. The zero-order valence-electron chi connectivity index (χ0n) is 23.3. The molecule has 1 aliphatic heterocycles. The van der Waals surface area contributed by atoms with Gasteiger partial charge in [-0.05, 0) is 37.5 Å². The maximum atomic E-state index is 12.8. The van der Waals surface area contributed by atoms with E-state index in [2.05, 4.69) is 51.4 Å². The van der Waals surface area contributed by atoms with E-state index < -0.39 is 0 Å². The fourth-order valence-electron chi connectivity index (χ4n) is 5.36. The van der Waals surface area contributed by atoms with Gasteiger partial charge in [0.2, 0.25) is 0 Å². The van der Waals surface area contributed by atoms with Gasteiger partial charge in [-0.15, -0.1) is 0 Å². The fourth-order valence-corrected chi connectivity index (χ4v) is 5.36. The number of benzene rings is 1. The summed E-state index contributed by atoms with van der Waals surface area (Å²) in [5.41, 5.74) is 2.89. The Kier molecular flexibility index (Phi) is 10.7. The highest BCUT2D eigenvalue weighted by Crippen LogP contribution is 2.31. The van der Waals surface area contributed by atoms with Crippen LogP contribution in [0.2, 0.25) is 0 Å². The smallest absolute Gasteiger partial charge is 0.271 e. The highest BCUT2D eigenvalue weighted by molar-refractivity contribution is 5.94. The summed E-state index contributed by atoms with van der Waals surface area (Å²) in [6.45, 7) is 10.7. The van der Waals surface area contributed by atoms with Gasteiger partial charge in [-0.25, -0.2) is 4.98 Å². The number of fused-ring (bicyclic) bond motifs is 1.